The van der Waals surface area contributed by atoms with E-state index in [1.807, 2.05) is 24.3 Å². The molecule has 0 aromatic heterocycles. The molecule has 0 saturated heterocycles. The summed E-state index contributed by atoms with van der Waals surface area (Å²) in [6, 6.07) is 7.70. The largest absolute Gasteiger partial charge is 0.481 e. The van der Waals surface area contributed by atoms with Crippen molar-refractivity contribution < 1.29 is 14.7 Å². The van der Waals surface area contributed by atoms with Crippen molar-refractivity contribution in [2.24, 2.45) is 0 Å². The Hall–Kier alpha value is -1.49. The van der Waals surface area contributed by atoms with Gasteiger partial charge in [-0.3, -0.25) is 9.59 Å². The third-order valence-electron chi connectivity index (χ3n) is 2.51. The van der Waals surface area contributed by atoms with Crippen molar-refractivity contribution in [2.45, 2.75) is 37.5 Å². The van der Waals surface area contributed by atoms with Crippen molar-refractivity contribution in [3.8, 4) is 0 Å². The number of benzene rings is 1. The number of carboxylic acid groups (broad SMARTS) is 1. The van der Waals surface area contributed by atoms with Crippen LogP contribution in [-0.2, 0) is 9.59 Å². The number of hydrogen-bond donors (Lipinski definition) is 2. The molecule has 0 aliphatic carbocycles. The lowest BCUT2D eigenvalue weighted by atomic mass is 10.2. The highest BCUT2D eigenvalue weighted by atomic mass is 32.2. The van der Waals surface area contributed by atoms with Crippen LogP contribution in [0.15, 0.2) is 29.2 Å². The first kappa shape index (κ1) is 15.6. The summed E-state index contributed by atoms with van der Waals surface area (Å²) in [4.78, 5) is 23.2. The molecule has 0 bridgehead atoms. The zero-order valence-electron chi connectivity index (χ0n) is 11.0. The number of carbonyl (C=O) groups is 2. The smallest absolute Gasteiger partial charge is 0.303 e. The summed E-state index contributed by atoms with van der Waals surface area (Å²) >= 11 is 1.68. The molecule has 1 aromatic carbocycles. The zero-order valence-corrected chi connectivity index (χ0v) is 11.8. The molecule has 0 aliphatic rings. The van der Waals surface area contributed by atoms with E-state index in [-0.39, 0.29) is 12.3 Å². The Bertz CT molecular complexity index is 434. The second-order valence-corrected chi connectivity index (χ2v) is 5.38. The number of thioether (sulfide) groups is 1. The molecular weight excluding hydrogens is 262 g/mol. The number of carbonyl (C=O) groups excluding carboxylic acids is 1. The quantitative estimate of drug-likeness (QED) is 0.566. The second kappa shape index (κ2) is 8.58. The lowest BCUT2D eigenvalue weighted by Gasteiger charge is -2.09. The number of hydrogen-bond acceptors (Lipinski definition) is 3. The first-order valence-corrected chi connectivity index (χ1v) is 7.35. The lowest BCUT2D eigenvalue weighted by molar-refractivity contribution is -0.137. The average Bonchev–Trinajstić information content (AvgIpc) is 2.37. The van der Waals surface area contributed by atoms with Crippen LogP contribution >= 0.6 is 11.8 Å². The molecule has 1 rings (SSSR count). The van der Waals surface area contributed by atoms with E-state index in [1.165, 1.54) is 0 Å². The van der Waals surface area contributed by atoms with Crippen molar-refractivity contribution in [1.82, 2.24) is 0 Å². The minimum Gasteiger partial charge on any atom is -0.481 e. The zero-order chi connectivity index (χ0) is 14.1. The highest BCUT2D eigenvalue weighted by molar-refractivity contribution is 7.99. The Labute approximate surface area is 117 Å². The van der Waals surface area contributed by atoms with Gasteiger partial charge < -0.3 is 10.4 Å². The van der Waals surface area contributed by atoms with Crippen molar-refractivity contribution in [3.63, 3.8) is 0 Å². The number of para-hydroxylation sites is 1. The van der Waals surface area contributed by atoms with Gasteiger partial charge in [-0.1, -0.05) is 19.1 Å². The maximum Gasteiger partial charge on any atom is 0.303 e. The van der Waals surface area contributed by atoms with Gasteiger partial charge >= 0.3 is 5.97 Å². The van der Waals surface area contributed by atoms with Crippen molar-refractivity contribution >= 4 is 29.3 Å². The van der Waals surface area contributed by atoms with Crippen LogP contribution in [0, 0.1) is 0 Å². The fraction of sp³-hybridized carbons (Fsp3) is 0.429. The molecule has 0 heterocycles. The van der Waals surface area contributed by atoms with E-state index in [0.717, 1.165) is 16.3 Å². The van der Waals surface area contributed by atoms with Gasteiger partial charge in [-0.05, 0) is 30.7 Å². The van der Waals surface area contributed by atoms with Gasteiger partial charge in [0.1, 0.15) is 0 Å². The molecule has 0 aliphatic heterocycles. The van der Waals surface area contributed by atoms with Crippen LogP contribution in [0.25, 0.3) is 0 Å². The minimum atomic E-state index is -0.815. The van der Waals surface area contributed by atoms with Crippen molar-refractivity contribution in [1.29, 1.82) is 0 Å². The number of aliphatic carboxylic acids is 1. The molecule has 19 heavy (non-hydrogen) atoms. The lowest BCUT2D eigenvalue weighted by Crippen LogP contribution is -2.12. The highest BCUT2D eigenvalue weighted by Crippen LogP contribution is 2.26. The van der Waals surface area contributed by atoms with Crippen LogP contribution < -0.4 is 5.32 Å². The molecule has 0 saturated carbocycles. The van der Waals surface area contributed by atoms with Crippen LogP contribution in [0.2, 0.25) is 0 Å². The molecule has 0 radical (unpaired) electrons. The summed E-state index contributed by atoms with van der Waals surface area (Å²) in [6.45, 7) is 2.06. The summed E-state index contributed by atoms with van der Waals surface area (Å²) in [5.41, 5.74) is 0.831. The van der Waals surface area contributed by atoms with E-state index in [2.05, 4.69) is 12.2 Å². The summed E-state index contributed by atoms with van der Waals surface area (Å²) in [5, 5.41) is 11.4. The van der Waals surface area contributed by atoms with Gasteiger partial charge in [0.05, 0.1) is 5.69 Å². The third-order valence-corrected chi connectivity index (χ3v) is 3.46. The molecular formula is C14H19NO3S. The monoisotopic (exact) mass is 281 g/mol. The summed E-state index contributed by atoms with van der Waals surface area (Å²) in [5.74, 6) is 0.0746. The van der Waals surface area contributed by atoms with Crippen molar-refractivity contribution in [3.05, 3.63) is 24.3 Å². The van der Waals surface area contributed by atoms with Crippen molar-refractivity contribution in [2.75, 3.05) is 11.1 Å². The van der Waals surface area contributed by atoms with Crippen LogP contribution in [0.4, 0.5) is 5.69 Å². The fourth-order valence-electron chi connectivity index (χ4n) is 1.63. The Balaban J connectivity index is 2.41. The van der Waals surface area contributed by atoms with Gasteiger partial charge in [0.25, 0.3) is 0 Å². The summed E-state index contributed by atoms with van der Waals surface area (Å²) < 4.78 is 0. The van der Waals surface area contributed by atoms with E-state index in [4.69, 9.17) is 5.11 Å². The normalized spacial score (nSPS) is 10.2. The molecule has 5 heteroatoms. The maximum atomic E-state index is 11.7. The maximum absolute atomic E-state index is 11.7. The van der Waals surface area contributed by atoms with E-state index < -0.39 is 5.97 Å². The third kappa shape index (κ3) is 6.29. The fourth-order valence-corrected chi connectivity index (χ4v) is 2.39. The standard InChI is InChI=1S/C14H19NO3S/c1-2-19-12-8-4-3-7-11(12)15-13(16)9-5-6-10-14(17)18/h3-4,7-8H,2,5-6,9-10H2,1H3,(H,15,16)(H,17,18). The SMILES string of the molecule is CCSc1ccccc1NC(=O)CCCCC(=O)O. The molecule has 0 unspecified atom stereocenters. The Morgan fingerprint density at radius 2 is 1.89 bits per heavy atom. The van der Waals surface area contributed by atoms with Gasteiger partial charge in [-0.15, -0.1) is 11.8 Å². The average molecular weight is 281 g/mol. The predicted octanol–water partition coefficient (Wildman–Crippen LogP) is 3.38. The topological polar surface area (TPSA) is 66.4 Å². The summed E-state index contributed by atoms with van der Waals surface area (Å²) in [6.07, 6.45) is 1.61. The van der Waals surface area contributed by atoms with Gasteiger partial charge in [-0.2, -0.15) is 0 Å². The first-order valence-electron chi connectivity index (χ1n) is 6.37. The van der Waals surface area contributed by atoms with E-state index in [1.54, 1.807) is 11.8 Å². The van der Waals surface area contributed by atoms with Crippen LogP contribution in [0.5, 0.6) is 0 Å². The van der Waals surface area contributed by atoms with Gasteiger partial charge in [0.2, 0.25) is 5.91 Å². The second-order valence-electron chi connectivity index (χ2n) is 4.08. The number of nitrogens with one attached hydrogen (secondary N) is 1. The molecule has 0 fully saturated rings. The number of unbranched alkanes of at least 4 members (excludes halogenated alkanes) is 1. The van der Waals surface area contributed by atoms with Gasteiger partial charge in [0.15, 0.2) is 0 Å². The number of rotatable bonds is 8. The van der Waals surface area contributed by atoms with E-state index in [9.17, 15) is 9.59 Å². The number of anilines is 1. The van der Waals surface area contributed by atoms with Crippen LogP contribution in [-0.4, -0.2) is 22.7 Å². The Morgan fingerprint density at radius 3 is 2.58 bits per heavy atom. The van der Waals surface area contributed by atoms with Crippen LogP contribution in [0.1, 0.15) is 32.6 Å². The molecule has 0 spiro atoms. The molecule has 2 N–H and O–H groups in total. The Kier molecular flexibility index (Phi) is 7.03. The molecule has 104 valence electrons. The number of amides is 1. The van der Waals surface area contributed by atoms with Gasteiger partial charge in [-0.25, -0.2) is 0 Å². The van der Waals surface area contributed by atoms with Crippen LogP contribution in [0.3, 0.4) is 0 Å². The van der Waals surface area contributed by atoms with Gasteiger partial charge in [0, 0.05) is 17.7 Å². The molecule has 1 amide bonds. The predicted molar refractivity (Wildman–Crippen MR) is 77.6 cm³/mol. The van der Waals surface area contributed by atoms with E-state index in [0.29, 0.717) is 19.3 Å². The number of carboxylic acids is 1. The first-order chi connectivity index (χ1) is 9.13. The molecule has 0 atom stereocenters. The molecule has 1 aromatic rings. The Morgan fingerprint density at radius 1 is 1.21 bits per heavy atom. The summed E-state index contributed by atoms with van der Waals surface area (Å²) in [7, 11) is 0. The minimum absolute atomic E-state index is 0.0606. The molecule has 4 nitrogen and oxygen atoms in total. The van der Waals surface area contributed by atoms with E-state index >= 15 is 0 Å². The highest BCUT2D eigenvalue weighted by Gasteiger charge is 2.06.